The fourth-order valence-corrected chi connectivity index (χ4v) is 2.12. The molecular weight excluding hydrogens is 288 g/mol. The number of aliphatic hydroxyl groups is 1. The van der Waals surface area contributed by atoms with Crippen molar-refractivity contribution in [2.45, 2.75) is 12.6 Å². The maximum atomic E-state index is 13.7. The van der Waals surface area contributed by atoms with E-state index in [2.05, 4.69) is 10.1 Å². The van der Waals surface area contributed by atoms with Crippen molar-refractivity contribution in [1.82, 2.24) is 14.8 Å². The number of nitrogens with zero attached hydrogens (tertiary/aromatic N) is 3. The molecule has 22 heavy (non-hydrogen) atoms. The lowest BCUT2D eigenvalue weighted by molar-refractivity contribution is 0.151. The van der Waals surface area contributed by atoms with Gasteiger partial charge in [-0.3, -0.25) is 0 Å². The summed E-state index contributed by atoms with van der Waals surface area (Å²) in [5.41, 5.74) is 0.877. The summed E-state index contributed by atoms with van der Waals surface area (Å²) in [7, 11) is 0. The third-order valence-electron chi connectivity index (χ3n) is 3.27. The van der Waals surface area contributed by atoms with Gasteiger partial charge in [0.2, 0.25) is 0 Å². The van der Waals surface area contributed by atoms with Gasteiger partial charge in [0.1, 0.15) is 18.0 Å². The molecule has 0 aliphatic heterocycles. The molecule has 1 N–H and O–H groups in total. The first-order valence-corrected chi connectivity index (χ1v) is 6.71. The second-order valence-electron chi connectivity index (χ2n) is 4.84. The molecule has 0 radical (unpaired) electrons. The van der Waals surface area contributed by atoms with Crippen LogP contribution in [-0.4, -0.2) is 19.9 Å². The van der Waals surface area contributed by atoms with Crippen molar-refractivity contribution < 1.29 is 13.9 Å². The predicted molar refractivity (Wildman–Crippen MR) is 76.8 cm³/mol. The highest BCUT2D eigenvalue weighted by molar-refractivity contribution is 5.54. The first-order valence-electron chi connectivity index (χ1n) is 6.71. The number of hydrogen-bond donors (Lipinski definition) is 1. The SMILES string of the molecule is OC(Cn1cnc(-c2ccccc2F)n1)c1ccc(F)cc1. The molecule has 1 heterocycles. The van der Waals surface area contributed by atoms with Crippen molar-refractivity contribution in [3.63, 3.8) is 0 Å². The highest BCUT2D eigenvalue weighted by Crippen LogP contribution is 2.19. The lowest BCUT2D eigenvalue weighted by Crippen LogP contribution is -2.09. The third kappa shape index (κ3) is 3.01. The molecule has 0 fully saturated rings. The van der Waals surface area contributed by atoms with E-state index in [1.165, 1.54) is 41.3 Å². The summed E-state index contributed by atoms with van der Waals surface area (Å²) < 4.78 is 28.0. The third-order valence-corrected chi connectivity index (χ3v) is 3.27. The van der Waals surface area contributed by atoms with Gasteiger partial charge in [-0.05, 0) is 29.8 Å². The second-order valence-corrected chi connectivity index (χ2v) is 4.84. The zero-order valence-corrected chi connectivity index (χ0v) is 11.5. The molecule has 0 saturated carbocycles. The van der Waals surface area contributed by atoms with Crippen LogP contribution >= 0.6 is 0 Å². The Hall–Kier alpha value is -2.60. The number of halogens is 2. The first-order chi connectivity index (χ1) is 10.6. The van der Waals surface area contributed by atoms with Gasteiger partial charge in [0, 0.05) is 0 Å². The summed E-state index contributed by atoms with van der Waals surface area (Å²) in [5.74, 6) is -0.512. The smallest absolute Gasteiger partial charge is 0.184 e. The lowest BCUT2D eigenvalue weighted by Gasteiger charge is -2.10. The van der Waals surface area contributed by atoms with E-state index in [-0.39, 0.29) is 18.2 Å². The standard InChI is InChI=1S/C16H13F2N3O/c17-12-7-5-11(6-8-12)15(22)9-21-10-19-16(20-21)13-3-1-2-4-14(13)18/h1-8,10,15,22H,9H2. The highest BCUT2D eigenvalue weighted by Gasteiger charge is 2.12. The summed E-state index contributed by atoms with van der Waals surface area (Å²) in [6.07, 6.45) is 0.574. The maximum absolute atomic E-state index is 13.7. The Kier molecular flexibility index (Phi) is 3.93. The number of hydrogen-bond acceptors (Lipinski definition) is 3. The van der Waals surface area contributed by atoms with Gasteiger partial charge in [-0.15, -0.1) is 0 Å². The van der Waals surface area contributed by atoms with Crippen molar-refractivity contribution >= 4 is 0 Å². The van der Waals surface area contributed by atoms with Crippen LogP contribution in [0.1, 0.15) is 11.7 Å². The van der Waals surface area contributed by atoms with E-state index in [0.717, 1.165) is 0 Å². The normalized spacial score (nSPS) is 12.3. The van der Waals surface area contributed by atoms with Gasteiger partial charge in [-0.2, -0.15) is 5.10 Å². The van der Waals surface area contributed by atoms with Crippen molar-refractivity contribution in [2.24, 2.45) is 0 Å². The van der Waals surface area contributed by atoms with Gasteiger partial charge in [0.15, 0.2) is 5.82 Å². The summed E-state index contributed by atoms with van der Waals surface area (Å²) >= 11 is 0. The van der Waals surface area contributed by atoms with E-state index in [9.17, 15) is 13.9 Å². The second kappa shape index (κ2) is 6.03. The zero-order valence-electron chi connectivity index (χ0n) is 11.5. The van der Waals surface area contributed by atoms with Gasteiger partial charge in [0.25, 0.3) is 0 Å². The molecule has 0 bridgehead atoms. The Labute approximate surface area is 125 Å². The van der Waals surface area contributed by atoms with E-state index in [1.54, 1.807) is 18.2 Å². The summed E-state index contributed by atoms with van der Waals surface area (Å²) in [4.78, 5) is 4.05. The molecule has 4 nitrogen and oxygen atoms in total. The molecule has 0 aliphatic rings. The minimum Gasteiger partial charge on any atom is -0.386 e. The van der Waals surface area contributed by atoms with Gasteiger partial charge < -0.3 is 5.11 Å². The molecule has 6 heteroatoms. The minimum atomic E-state index is -0.851. The van der Waals surface area contributed by atoms with E-state index >= 15 is 0 Å². The number of aliphatic hydroxyl groups excluding tert-OH is 1. The largest absolute Gasteiger partial charge is 0.386 e. The Balaban J connectivity index is 1.77. The van der Waals surface area contributed by atoms with E-state index in [0.29, 0.717) is 11.1 Å². The van der Waals surface area contributed by atoms with Crippen molar-refractivity contribution in [3.8, 4) is 11.4 Å². The molecule has 0 aliphatic carbocycles. The predicted octanol–water partition coefficient (Wildman–Crippen LogP) is 2.96. The van der Waals surface area contributed by atoms with Gasteiger partial charge in [0.05, 0.1) is 18.2 Å². The lowest BCUT2D eigenvalue weighted by atomic mass is 10.1. The molecule has 3 aromatic rings. The first kappa shape index (κ1) is 14.3. The summed E-state index contributed by atoms with van der Waals surface area (Å²) in [6, 6.07) is 11.8. The average molecular weight is 301 g/mol. The average Bonchev–Trinajstić information content (AvgIpc) is 2.96. The van der Waals surface area contributed by atoms with Gasteiger partial charge >= 0.3 is 0 Å². The van der Waals surface area contributed by atoms with Gasteiger partial charge in [-0.25, -0.2) is 18.4 Å². The number of rotatable bonds is 4. The maximum Gasteiger partial charge on any atom is 0.184 e. The topological polar surface area (TPSA) is 50.9 Å². The Bertz CT molecular complexity index is 771. The highest BCUT2D eigenvalue weighted by atomic mass is 19.1. The van der Waals surface area contributed by atoms with E-state index in [4.69, 9.17) is 0 Å². The van der Waals surface area contributed by atoms with Crippen LogP contribution in [0.4, 0.5) is 8.78 Å². The van der Waals surface area contributed by atoms with E-state index in [1.807, 2.05) is 0 Å². The quantitative estimate of drug-likeness (QED) is 0.806. The van der Waals surface area contributed by atoms with Crippen LogP contribution in [0.25, 0.3) is 11.4 Å². The number of benzene rings is 2. The van der Waals surface area contributed by atoms with Crippen molar-refractivity contribution in [2.75, 3.05) is 0 Å². The molecule has 3 rings (SSSR count). The molecular formula is C16H13F2N3O. The van der Waals surface area contributed by atoms with Crippen LogP contribution in [0.5, 0.6) is 0 Å². The molecule has 0 spiro atoms. The van der Waals surface area contributed by atoms with Crippen LogP contribution in [0.2, 0.25) is 0 Å². The van der Waals surface area contributed by atoms with Crippen LogP contribution in [0.15, 0.2) is 54.9 Å². The Morgan fingerprint density at radius 2 is 1.77 bits per heavy atom. The molecule has 1 atom stereocenters. The van der Waals surface area contributed by atoms with Gasteiger partial charge in [-0.1, -0.05) is 24.3 Å². The minimum absolute atomic E-state index is 0.146. The Morgan fingerprint density at radius 3 is 2.50 bits per heavy atom. The molecule has 0 saturated heterocycles. The molecule has 2 aromatic carbocycles. The van der Waals surface area contributed by atoms with Crippen LogP contribution in [-0.2, 0) is 6.54 Å². The molecule has 0 amide bonds. The summed E-state index contributed by atoms with van der Waals surface area (Å²) in [5, 5.41) is 14.3. The number of aromatic nitrogens is 3. The molecule has 1 aromatic heterocycles. The van der Waals surface area contributed by atoms with Crippen LogP contribution in [0, 0.1) is 11.6 Å². The monoisotopic (exact) mass is 301 g/mol. The summed E-state index contributed by atoms with van der Waals surface area (Å²) in [6.45, 7) is 0.146. The zero-order chi connectivity index (χ0) is 15.5. The fraction of sp³-hybridized carbons (Fsp3) is 0.125. The van der Waals surface area contributed by atoms with Crippen LogP contribution in [0.3, 0.4) is 0 Å². The van der Waals surface area contributed by atoms with Crippen LogP contribution < -0.4 is 0 Å². The van der Waals surface area contributed by atoms with Crippen molar-refractivity contribution in [3.05, 3.63) is 72.1 Å². The fourth-order valence-electron chi connectivity index (χ4n) is 2.12. The molecule has 1 unspecified atom stereocenters. The Morgan fingerprint density at radius 1 is 1.05 bits per heavy atom. The van der Waals surface area contributed by atoms with E-state index < -0.39 is 11.9 Å². The van der Waals surface area contributed by atoms with Crippen molar-refractivity contribution in [1.29, 1.82) is 0 Å². The molecule has 112 valence electrons.